The van der Waals surface area contributed by atoms with E-state index in [1.54, 1.807) is 12.1 Å². The molecule has 1 aliphatic rings. The fraction of sp³-hybridized carbons (Fsp3) is 0.462. The lowest BCUT2D eigenvalue weighted by Gasteiger charge is -2.43. The predicted octanol–water partition coefficient (Wildman–Crippen LogP) is 2.48. The zero-order valence-corrected chi connectivity index (χ0v) is 9.68. The molecule has 1 heterocycles. The van der Waals surface area contributed by atoms with Crippen molar-refractivity contribution in [2.45, 2.75) is 13.8 Å². The number of aromatic carboxylic acids is 1. The van der Waals surface area contributed by atoms with Gasteiger partial charge < -0.3 is 10.0 Å². The maximum absolute atomic E-state index is 10.7. The summed E-state index contributed by atoms with van der Waals surface area (Å²) in [5.74, 6) is 0.643. The first kappa shape index (κ1) is 11.0. The van der Waals surface area contributed by atoms with Gasteiger partial charge in [0.25, 0.3) is 0 Å². The zero-order chi connectivity index (χ0) is 11.7. The van der Waals surface area contributed by atoms with E-state index in [1.807, 2.05) is 12.1 Å². The van der Waals surface area contributed by atoms with E-state index in [9.17, 15) is 4.79 Å². The van der Waals surface area contributed by atoms with Gasteiger partial charge in [0.1, 0.15) is 0 Å². The van der Waals surface area contributed by atoms with Crippen molar-refractivity contribution in [3.63, 3.8) is 0 Å². The lowest BCUT2D eigenvalue weighted by molar-refractivity contribution is 0.0697. The van der Waals surface area contributed by atoms with Crippen LogP contribution < -0.4 is 4.90 Å². The lowest BCUT2D eigenvalue weighted by atomic mass is 9.88. The van der Waals surface area contributed by atoms with Gasteiger partial charge in [-0.05, 0) is 36.1 Å². The number of benzene rings is 1. The number of rotatable bonds is 3. The quantitative estimate of drug-likeness (QED) is 0.849. The van der Waals surface area contributed by atoms with Gasteiger partial charge in [0, 0.05) is 18.8 Å². The molecule has 0 radical (unpaired) electrons. The predicted molar refractivity (Wildman–Crippen MR) is 63.9 cm³/mol. The van der Waals surface area contributed by atoms with Crippen LogP contribution in [-0.4, -0.2) is 24.2 Å². The minimum Gasteiger partial charge on any atom is -0.478 e. The molecular formula is C13H17NO2. The number of carboxylic acid groups (broad SMARTS) is 1. The molecule has 0 atom stereocenters. The first-order valence-electron chi connectivity index (χ1n) is 5.66. The van der Waals surface area contributed by atoms with Crippen LogP contribution in [0.15, 0.2) is 24.3 Å². The Morgan fingerprint density at radius 2 is 1.88 bits per heavy atom. The molecule has 0 aliphatic carbocycles. The smallest absolute Gasteiger partial charge is 0.335 e. The van der Waals surface area contributed by atoms with Gasteiger partial charge in [-0.3, -0.25) is 0 Å². The van der Waals surface area contributed by atoms with E-state index < -0.39 is 5.97 Å². The van der Waals surface area contributed by atoms with Crippen molar-refractivity contribution in [3.05, 3.63) is 29.8 Å². The molecule has 0 amide bonds. The molecule has 0 bridgehead atoms. The molecule has 2 rings (SSSR count). The molecule has 0 aromatic heterocycles. The highest BCUT2D eigenvalue weighted by molar-refractivity contribution is 5.88. The number of hydrogen-bond acceptors (Lipinski definition) is 2. The molecule has 0 saturated carbocycles. The largest absolute Gasteiger partial charge is 0.478 e. The summed E-state index contributed by atoms with van der Waals surface area (Å²) in [6, 6.07) is 7.11. The molecule has 1 aromatic rings. The minimum absolute atomic E-state index is 0.352. The van der Waals surface area contributed by atoms with Gasteiger partial charge in [-0.15, -0.1) is 0 Å². The van der Waals surface area contributed by atoms with Crippen molar-refractivity contribution >= 4 is 11.7 Å². The monoisotopic (exact) mass is 219 g/mol. The summed E-state index contributed by atoms with van der Waals surface area (Å²) in [7, 11) is 0. The van der Waals surface area contributed by atoms with Crippen molar-refractivity contribution < 1.29 is 9.90 Å². The first-order valence-corrected chi connectivity index (χ1v) is 5.66. The van der Waals surface area contributed by atoms with Crippen LogP contribution in [0.4, 0.5) is 5.69 Å². The molecule has 1 N–H and O–H groups in total. The average Bonchev–Trinajstić information content (AvgIpc) is 2.15. The molecule has 16 heavy (non-hydrogen) atoms. The SMILES string of the molecule is CC(C)C1CN(c2ccc(C(=O)O)cc2)C1. The van der Waals surface area contributed by atoms with E-state index in [0.29, 0.717) is 5.56 Å². The number of carboxylic acids is 1. The first-order chi connectivity index (χ1) is 7.58. The summed E-state index contributed by atoms with van der Waals surface area (Å²) < 4.78 is 0. The molecule has 1 aliphatic heterocycles. The van der Waals surface area contributed by atoms with Crippen molar-refractivity contribution in [3.8, 4) is 0 Å². The Morgan fingerprint density at radius 3 is 2.31 bits per heavy atom. The Bertz CT molecular complexity index is 377. The second-order valence-electron chi connectivity index (χ2n) is 4.76. The molecular weight excluding hydrogens is 202 g/mol. The zero-order valence-electron chi connectivity index (χ0n) is 9.68. The van der Waals surface area contributed by atoms with Crippen LogP contribution in [0.1, 0.15) is 24.2 Å². The molecule has 1 fully saturated rings. The minimum atomic E-state index is -0.866. The summed E-state index contributed by atoms with van der Waals surface area (Å²) in [5.41, 5.74) is 1.48. The Hall–Kier alpha value is -1.51. The summed E-state index contributed by atoms with van der Waals surface area (Å²) in [5, 5.41) is 8.79. The third kappa shape index (κ3) is 2.03. The normalized spacial score (nSPS) is 16.3. The second-order valence-corrected chi connectivity index (χ2v) is 4.76. The maximum Gasteiger partial charge on any atom is 0.335 e. The van der Waals surface area contributed by atoms with Crippen molar-refractivity contribution in [2.75, 3.05) is 18.0 Å². The lowest BCUT2D eigenvalue weighted by Crippen LogP contribution is -2.49. The summed E-state index contributed by atoms with van der Waals surface area (Å²) in [6.45, 7) is 6.67. The van der Waals surface area contributed by atoms with Crippen molar-refractivity contribution in [1.82, 2.24) is 0 Å². The van der Waals surface area contributed by atoms with Gasteiger partial charge in [-0.25, -0.2) is 4.79 Å². The third-order valence-corrected chi connectivity index (χ3v) is 3.33. The van der Waals surface area contributed by atoms with Gasteiger partial charge in [-0.1, -0.05) is 13.8 Å². The van der Waals surface area contributed by atoms with Crippen molar-refractivity contribution in [2.24, 2.45) is 11.8 Å². The Labute approximate surface area is 95.7 Å². The van der Waals surface area contributed by atoms with Crippen LogP contribution >= 0.6 is 0 Å². The van der Waals surface area contributed by atoms with Crippen molar-refractivity contribution in [1.29, 1.82) is 0 Å². The van der Waals surface area contributed by atoms with E-state index in [0.717, 1.165) is 30.6 Å². The number of carbonyl (C=O) groups is 1. The van der Waals surface area contributed by atoms with E-state index in [2.05, 4.69) is 18.7 Å². The highest BCUT2D eigenvalue weighted by atomic mass is 16.4. The van der Waals surface area contributed by atoms with Crippen LogP contribution in [0.25, 0.3) is 0 Å². The maximum atomic E-state index is 10.7. The summed E-state index contributed by atoms with van der Waals surface area (Å²) in [6.07, 6.45) is 0. The molecule has 1 aromatic carbocycles. The van der Waals surface area contributed by atoms with Gasteiger partial charge in [0.15, 0.2) is 0 Å². The number of hydrogen-bond donors (Lipinski definition) is 1. The Balaban J connectivity index is 1.99. The van der Waals surface area contributed by atoms with E-state index >= 15 is 0 Å². The third-order valence-electron chi connectivity index (χ3n) is 3.33. The molecule has 0 unspecified atom stereocenters. The molecule has 0 spiro atoms. The summed E-state index contributed by atoms with van der Waals surface area (Å²) >= 11 is 0. The Kier molecular flexibility index (Phi) is 2.86. The Morgan fingerprint density at radius 1 is 1.31 bits per heavy atom. The molecule has 3 heteroatoms. The summed E-state index contributed by atoms with van der Waals surface area (Å²) in [4.78, 5) is 13.0. The van der Waals surface area contributed by atoms with Gasteiger partial charge in [0.2, 0.25) is 0 Å². The van der Waals surface area contributed by atoms with Crippen LogP contribution in [0.5, 0.6) is 0 Å². The van der Waals surface area contributed by atoms with Gasteiger partial charge in [0.05, 0.1) is 5.56 Å². The van der Waals surface area contributed by atoms with Gasteiger partial charge >= 0.3 is 5.97 Å². The van der Waals surface area contributed by atoms with Gasteiger partial charge in [-0.2, -0.15) is 0 Å². The molecule has 86 valence electrons. The fourth-order valence-corrected chi connectivity index (χ4v) is 1.96. The van der Waals surface area contributed by atoms with Crippen LogP contribution in [-0.2, 0) is 0 Å². The van der Waals surface area contributed by atoms with E-state index in [4.69, 9.17) is 5.11 Å². The average molecular weight is 219 g/mol. The van der Waals surface area contributed by atoms with E-state index in [1.165, 1.54) is 0 Å². The number of nitrogens with zero attached hydrogens (tertiary/aromatic N) is 1. The fourth-order valence-electron chi connectivity index (χ4n) is 1.96. The van der Waals surface area contributed by atoms with Crippen LogP contribution in [0.2, 0.25) is 0 Å². The standard InChI is InChI=1S/C13H17NO2/c1-9(2)11-7-14(8-11)12-5-3-10(4-6-12)13(15)16/h3-6,9,11H,7-8H2,1-2H3,(H,15,16). The second kappa shape index (κ2) is 4.16. The number of anilines is 1. The van der Waals surface area contributed by atoms with Crippen LogP contribution in [0.3, 0.4) is 0 Å². The molecule has 3 nitrogen and oxygen atoms in total. The molecule has 1 saturated heterocycles. The van der Waals surface area contributed by atoms with E-state index in [-0.39, 0.29) is 0 Å². The van der Waals surface area contributed by atoms with Crippen LogP contribution in [0, 0.1) is 11.8 Å². The topological polar surface area (TPSA) is 40.5 Å². The highest BCUT2D eigenvalue weighted by Gasteiger charge is 2.28. The highest BCUT2D eigenvalue weighted by Crippen LogP contribution is 2.28.